The van der Waals surface area contributed by atoms with E-state index in [1.54, 1.807) is 50.5 Å². The Kier molecular flexibility index (Phi) is 5.16. The van der Waals surface area contributed by atoms with Crippen LogP contribution in [0.25, 0.3) is 22.2 Å². The maximum atomic E-state index is 13.2. The third-order valence-corrected chi connectivity index (χ3v) is 4.15. The summed E-state index contributed by atoms with van der Waals surface area (Å²) in [5.41, 5.74) is 2.11. The number of rotatable bonds is 4. The van der Waals surface area contributed by atoms with Gasteiger partial charge in [0.1, 0.15) is 5.82 Å². The number of amides is 1. The summed E-state index contributed by atoms with van der Waals surface area (Å²) in [6.45, 7) is 1.53. The molecule has 0 fully saturated rings. The minimum Gasteiger partial charge on any atom is -0.449 e. The predicted octanol–water partition coefficient (Wildman–Crippen LogP) is 3.67. The maximum Gasteiger partial charge on any atom is 0.339 e. The van der Waals surface area contributed by atoms with Crippen molar-refractivity contribution < 1.29 is 18.7 Å². The molecule has 0 bridgehead atoms. The van der Waals surface area contributed by atoms with Crippen LogP contribution in [-0.4, -0.2) is 42.0 Å². The number of para-hydroxylation sites is 1. The predicted molar refractivity (Wildman–Crippen MR) is 101 cm³/mol. The lowest BCUT2D eigenvalue weighted by Gasteiger charge is -2.18. The lowest BCUT2D eigenvalue weighted by molar-refractivity contribution is -0.137. The van der Waals surface area contributed by atoms with Gasteiger partial charge in [0, 0.05) is 25.0 Å². The molecule has 138 valence electrons. The van der Waals surface area contributed by atoms with Crippen molar-refractivity contribution in [1.82, 2.24) is 9.88 Å². The summed E-state index contributed by atoms with van der Waals surface area (Å²) in [5.74, 6) is -1.27. The maximum absolute atomic E-state index is 13.2. The third-order valence-electron chi connectivity index (χ3n) is 4.15. The van der Waals surface area contributed by atoms with Crippen LogP contribution in [0.4, 0.5) is 4.39 Å². The van der Waals surface area contributed by atoms with Crippen LogP contribution in [0.15, 0.2) is 54.6 Å². The van der Waals surface area contributed by atoms with Gasteiger partial charge in [-0.2, -0.15) is 0 Å². The Morgan fingerprint density at radius 2 is 1.74 bits per heavy atom. The Labute approximate surface area is 156 Å². The van der Waals surface area contributed by atoms with Crippen LogP contribution in [0.5, 0.6) is 0 Å². The highest BCUT2D eigenvalue weighted by atomic mass is 19.1. The van der Waals surface area contributed by atoms with Crippen molar-refractivity contribution in [1.29, 1.82) is 0 Å². The average molecular weight is 366 g/mol. The van der Waals surface area contributed by atoms with Gasteiger partial charge in [-0.15, -0.1) is 0 Å². The van der Waals surface area contributed by atoms with Crippen molar-refractivity contribution in [3.8, 4) is 11.3 Å². The Morgan fingerprint density at radius 1 is 1.07 bits per heavy atom. The van der Waals surface area contributed by atoms with Gasteiger partial charge in [-0.3, -0.25) is 4.79 Å². The standard InChI is InChI=1S/C21H19FN2O3/c1-13(20(25)24(2)3)27-21(26)17-12-19(14-8-10-15(22)11-9-14)23-18-7-5-4-6-16(17)18/h4-13H,1-3H3/t13-/m1/s1. The van der Waals surface area contributed by atoms with Crippen molar-refractivity contribution in [3.05, 3.63) is 66.0 Å². The van der Waals surface area contributed by atoms with Crippen molar-refractivity contribution in [2.45, 2.75) is 13.0 Å². The number of esters is 1. The Balaban J connectivity index is 2.04. The first-order valence-corrected chi connectivity index (χ1v) is 8.44. The number of aromatic nitrogens is 1. The molecular weight excluding hydrogens is 347 g/mol. The second-order valence-electron chi connectivity index (χ2n) is 6.36. The number of pyridine rings is 1. The molecule has 1 aromatic heterocycles. The van der Waals surface area contributed by atoms with Crippen molar-refractivity contribution in [2.75, 3.05) is 14.1 Å². The number of nitrogens with zero attached hydrogens (tertiary/aromatic N) is 2. The zero-order valence-corrected chi connectivity index (χ0v) is 15.3. The fourth-order valence-electron chi connectivity index (χ4n) is 2.75. The van der Waals surface area contributed by atoms with E-state index in [2.05, 4.69) is 4.98 Å². The number of likely N-dealkylation sites (N-methyl/N-ethyl adjacent to an activating group) is 1. The number of hydrogen-bond acceptors (Lipinski definition) is 4. The first-order valence-electron chi connectivity index (χ1n) is 8.44. The van der Waals surface area contributed by atoms with Gasteiger partial charge in [0.25, 0.3) is 5.91 Å². The van der Waals surface area contributed by atoms with Crippen LogP contribution < -0.4 is 0 Å². The fraction of sp³-hybridized carbons (Fsp3) is 0.190. The Hall–Kier alpha value is -3.28. The van der Waals surface area contributed by atoms with Crippen LogP contribution in [0, 0.1) is 5.82 Å². The van der Waals surface area contributed by atoms with Crippen LogP contribution in [0.3, 0.4) is 0 Å². The van der Waals surface area contributed by atoms with E-state index in [0.29, 0.717) is 27.7 Å². The molecule has 1 atom stereocenters. The summed E-state index contributed by atoms with van der Waals surface area (Å²) in [5, 5.41) is 0.623. The molecule has 0 aliphatic heterocycles. The topological polar surface area (TPSA) is 59.5 Å². The summed E-state index contributed by atoms with van der Waals surface area (Å²) < 4.78 is 18.6. The molecule has 0 radical (unpaired) electrons. The van der Waals surface area contributed by atoms with E-state index in [1.165, 1.54) is 24.0 Å². The quantitative estimate of drug-likeness (QED) is 0.661. The summed E-state index contributed by atoms with van der Waals surface area (Å²) >= 11 is 0. The molecule has 0 spiro atoms. The van der Waals surface area contributed by atoms with E-state index >= 15 is 0 Å². The van der Waals surface area contributed by atoms with Crippen LogP contribution >= 0.6 is 0 Å². The number of benzene rings is 2. The van der Waals surface area contributed by atoms with Gasteiger partial charge < -0.3 is 9.64 Å². The monoisotopic (exact) mass is 366 g/mol. The van der Waals surface area contributed by atoms with E-state index in [-0.39, 0.29) is 11.7 Å². The highest BCUT2D eigenvalue weighted by Gasteiger charge is 2.22. The average Bonchev–Trinajstić information content (AvgIpc) is 2.66. The van der Waals surface area contributed by atoms with Crippen LogP contribution in [0.2, 0.25) is 0 Å². The van der Waals surface area contributed by atoms with Crippen molar-refractivity contribution in [2.24, 2.45) is 0 Å². The molecule has 0 aliphatic rings. The molecule has 3 rings (SSSR count). The lowest BCUT2D eigenvalue weighted by Crippen LogP contribution is -2.34. The summed E-state index contributed by atoms with van der Waals surface area (Å²) in [6.07, 6.45) is -0.909. The molecule has 1 amide bonds. The SMILES string of the molecule is C[C@@H](OC(=O)c1cc(-c2ccc(F)cc2)nc2ccccc12)C(=O)N(C)C. The molecule has 0 N–H and O–H groups in total. The highest BCUT2D eigenvalue weighted by Crippen LogP contribution is 2.26. The van der Waals surface area contributed by atoms with Crippen molar-refractivity contribution >= 4 is 22.8 Å². The summed E-state index contributed by atoms with van der Waals surface area (Å²) in [7, 11) is 3.20. The minimum absolute atomic E-state index is 0.304. The van der Waals surface area contributed by atoms with Gasteiger partial charge in [0.05, 0.1) is 16.8 Å². The normalized spacial score (nSPS) is 11.9. The van der Waals surface area contributed by atoms with Gasteiger partial charge in [0.15, 0.2) is 6.10 Å². The molecule has 0 aliphatic carbocycles. The smallest absolute Gasteiger partial charge is 0.339 e. The van der Waals surface area contributed by atoms with E-state index in [0.717, 1.165) is 0 Å². The molecule has 0 saturated carbocycles. The molecule has 0 unspecified atom stereocenters. The molecule has 0 saturated heterocycles. The van der Waals surface area contributed by atoms with Gasteiger partial charge in [0.2, 0.25) is 0 Å². The van der Waals surface area contributed by atoms with Gasteiger partial charge in [-0.25, -0.2) is 14.2 Å². The van der Waals surface area contributed by atoms with E-state index in [1.807, 2.05) is 6.07 Å². The largest absolute Gasteiger partial charge is 0.449 e. The van der Waals surface area contributed by atoms with Crippen LogP contribution in [0.1, 0.15) is 17.3 Å². The molecule has 2 aromatic carbocycles. The fourth-order valence-corrected chi connectivity index (χ4v) is 2.75. The lowest BCUT2D eigenvalue weighted by atomic mass is 10.0. The number of carbonyl (C=O) groups excluding carboxylic acids is 2. The van der Waals surface area contributed by atoms with E-state index in [4.69, 9.17) is 4.74 Å². The van der Waals surface area contributed by atoms with Gasteiger partial charge in [-0.05, 0) is 43.3 Å². The summed E-state index contributed by atoms with van der Waals surface area (Å²) in [6, 6.07) is 14.6. The van der Waals surface area contributed by atoms with E-state index < -0.39 is 12.1 Å². The highest BCUT2D eigenvalue weighted by molar-refractivity contribution is 6.05. The molecule has 3 aromatic rings. The first kappa shape index (κ1) is 18.5. The molecule has 5 nitrogen and oxygen atoms in total. The van der Waals surface area contributed by atoms with Gasteiger partial charge in [-0.1, -0.05) is 18.2 Å². The number of fused-ring (bicyclic) bond motifs is 1. The third kappa shape index (κ3) is 3.95. The second kappa shape index (κ2) is 7.53. The number of hydrogen-bond donors (Lipinski definition) is 0. The number of carbonyl (C=O) groups is 2. The van der Waals surface area contributed by atoms with Gasteiger partial charge >= 0.3 is 5.97 Å². The Morgan fingerprint density at radius 3 is 2.41 bits per heavy atom. The molecule has 27 heavy (non-hydrogen) atoms. The zero-order valence-electron chi connectivity index (χ0n) is 15.3. The zero-order chi connectivity index (χ0) is 19.6. The number of ether oxygens (including phenoxy) is 1. The second-order valence-corrected chi connectivity index (χ2v) is 6.36. The van der Waals surface area contributed by atoms with Crippen LogP contribution in [-0.2, 0) is 9.53 Å². The van der Waals surface area contributed by atoms with E-state index in [9.17, 15) is 14.0 Å². The Bertz CT molecular complexity index is 1000. The minimum atomic E-state index is -0.909. The molecule has 6 heteroatoms. The molecular formula is C21H19FN2O3. The van der Waals surface area contributed by atoms with Crippen molar-refractivity contribution in [3.63, 3.8) is 0 Å². The first-order chi connectivity index (χ1) is 12.9. The number of halogens is 1. The summed E-state index contributed by atoms with van der Waals surface area (Å²) in [4.78, 5) is 30.7. The molecule has 1 heterocycles.